The van der Waals surface area contributed by atoms with Crippen LogP contribution in [0.3, 0.4) is 0 Å². The summed E-state index contributed by atoms with van der Waals surface area (Å²) in [6.45, 7) is 6.07. The highest BCUT2D eigenvalue weighted by atomic mass is 16.5. The molecule has 1 saturated heterocycles. The molecular formula is C9H17NO3. The van der Waals surface area contributed by atoms with Crippen LogP contribution in [-0.2, 0) is 14.3 Å². The summed E-state index contributed by atoms with van der Waals surface area (Å²) in [7, 11) is 1.53. The van der Waals surface area contributed by atoms with E-state index in [1.54, 1.807) is 4.90 Å². The summed E-state index contributed by atoms with van der Waals surface area (Å²) in [4.78, 5) is 13.2. The summed E-state index contributed by atoms with van der Waals surface area (Å²) in [6, 6.07) is 0. The van der Waals surface area contributed by atoms with Crippen molar-refractivity contribution in [2.24, 2.45) is 0 Å². The van der Waals surface area contributed by atoms with Gasteiger partial charge in [-0.2, -0.15) is 0 Å². The van der Waals surface area contributed by atoms with Gasteiger partial charge in [-0.15, -0.1) is 0 Å². The third kappa shape index (κ3) is 2.97. The van der Waals surface area contributed by atoms with Crippen LogP contribution in [0, 0.1) is 0 Å². The standard InChI is InChI=1S/C9H17NO3/c1-9(2)7-10(4-5-13-9)8(11)6-12-3/h4-7H2,1-3H3. The first-order valence-corrected chi connectivity index (χ1v) is 4.46. The van der Waals surface area contributed by atoms with E-state index < -0.39 is 0 Å². The molecule has 1 amide bonds. The van der Waals surface area contributed by atoms with Gasteiger partial charge in [-0.3, -0.25) is 4.79 Å². The SMILES string of the molecule is COCC(=O)N1CCOC(C)(C)C1. The Morgan fingerprint density at radius 2 is 2.31 bits per heavy atom. The molecule has 4 heteroatoms. The number of carbonyl (C=O) groups excluding carboxylic acids is 1. The second-order valence-electron chi connectivity index (χ2n) is 3.86. The third-order valence-corrected chi connectivity index (χ3v) is 2.05. The number of carbonyl (C=O) groups is 1. The highest BCUT2D eigenvalue weighted by molar-refractivity contribution is 5.77. The molecule has 0 aromatic heterocycles. The molecule has 1 aliphatic rings. The molecule has 1 aliphatic heterocycles. The van der Waals surface area contributed by atoms with Gasteiger partial charge in [-0.1, -0.05) is 0 Å². The van der Waals surface area contributed by atoms with E-state index in [2.05, 4.69) is 0 Å². The average Bonchev–Trinajstić information content (AvgIpc) is 2.03. The zero-order valence-corrected chi connectivity index (χ0v) is 8.50. The fourth-order valence-electron chi connectivity index (χ4n) is 1.44. The van der Waals surface area contributed by atoms with E-state index >= 15 is 0 Å². The number of nitrogens with zero attached hydrogens (tertiary/aromatic N) is 1. The van der Waals surface area contributed by atoms with Crippen LogP contribution in [0.1, 0.15) is 13.8 Å². The first-order valence-electron chi connectivity index (χ1n) is 4.46. The second-order valence-corrected chi connectivity index (χ2v) is 3.86. The van der Waals surface area contributed by atoms with Crippen LogP contribution in [0.5, 0.6) is 0 Å². The number of hydrogen-bond acceptors (Lipinski definition) is 3. The van der Waals surface area contributed by atoms with Crippen molar-refractivity contribution in [1.82, 2.24) is 4.90 Å². The lowest BCUT2D eigenvalue weighted by molar-refractivity contribution is -0.149. The average molecular weight is 187 g/mol. The molecule has 1 rings (SSSR count). The van der Waals surface area contributed by atoms with Gasteiger partial charge in [0.05, 0.1) is 12.2 Å². The van der Waals surface area contributed by atoms with E-state index in [0.29, 0.717) is 19.7 Å². The van der Waals surface area contributed by atoms with Gasteiger partial charge >= 0.3 is 0 Å². The molecule has 0 aromatic rings. The Hall–Kier alpha value is -0.610. The van der Waals surface area contributed by atoms with Crippen LogP contribution >= 0.6 is 0 Å². The smallest absolute Gasteiger partial charge is 0.248 e. The van der Waals surface area contributed by atoms with E-state index in [0.717, 1.165) is 0 Å². The van der Waals surface area contributed by atoms with Gasteiger partial charge < -0.3 is 14.4 Å². The lowest BCUT2D eigenvalue weighted by Crippen LogP contribution is -2.51. The largest absolute Gasteiger partial charge is 0.375 e. The van der Waals surface area contributed by atoms with E-state index in [1.807, 2.05) is 13.8 Å². The Balaban J connectivity index is 2.47. The fraction of sp³-hybridized carbons (Fsp3) is 0.889. The minimum Gasteiger partial charge on any atom is -0.375 e. The van der Waals surface area contributed by atoms with E-state index in [9.17, 15) is 4.79 Å². The van der Waals surface area contributed by atoms with Gasteiger partial charge in [0.1, 0.15) is 6.61 Å². The highest BCUT2D eigenvalue weighted by Gasteiger charge is 2.29. The molecule has 0 spiro atoms. The number of ether oxygens (including phenoxy) is 2. The first-order chi connectivity index (χ1) is 6.05. The van der Waals surface area contributed by atoms with Crippen molar-refractivity contribution < 1.29 is 14.3 Å². The lowest BCUT2D eigenvalue weighted by atomic mass is 10.1. The van der Waals surface area contributed by atoms with Crippen molar-refractivity contribution in [3.63, 3.8) is 0 Å². The van der Waals surface area contributed by atoms with E-state index in [1.165, 1.54) is 7.11 Å². The fourth-order valence-corrected chi connectivity index (χ4v) is 1.44. The summed E-state index contributed by atoms with van der Waals surface area (Å²) in [5.74, 6) is 0.0406. The van der Waals surface area contributed by atoms with Crippen LogP contribution in [0.4, 0.5) is 0 Å². The molecule has 76 valence electrons. The number of hydrogen-bond donors (Lipinski definition) is 0. The lowest BCUT2D eigenvalue weighted by Gasteiger charge is -2.38. The monoisotopic (exact) mass is 187 g/mol. The van der Waals surface area contributed by atoms with Gasteiger partial charge in [-0.05, 0) is 13.8 Å². The number of morpholine rings is 1. The van der Waals surface area contributed by atoms with E-state index in [-0.39, 0.29) is 18.1 Å². The van der Waals surface area contributed by atoms with E-state index in [4.69, 9.17) is 9.47 Å². The van der Waals surface area contributed by atoms with Crippen molar-refractivity contribution >= 4 is 5.91 Å². The number of amides is 1. The Morgan fingerprint density at radius 1 is 1.62 bits per heavy atom. The van der Waals surface area contributed by atoms with Gasteiger partial charge in [0.15, 0.2) is 0 Å². The van der Waals surface area contributed by atoms with Crippen molar-refractivity contribution in [3.8, 4) is 0 Å². The van der Waals surface area contributed by atoms with Crippen molar-refractivity contribution in [2.75, 3.05) is 33.4 Å². The molecule has 0 radical (unpaired) electrons. The van der Waals surface area contributed by atoms with Gasteiger partial charge in [0, 0.05) is 20.2 Å². The maximum absolute atomic E-state index is 11.4. The maximum atomic E-state index is 11.4. The Labute approximate surface area is 78.8 Å². The first kappa shape index (κ1) is 10.5. The highest BCUT2D eigenvalue weighted by Crippen LogP contribution is 2.16. The van der Waals surface area contributed by atoms with Crippen LogP contribution in [0.2, 0.25) is 0 Å². The van der Waals surface area contributed by atoms with Crippen LogP contribution in [0.15, 0.2) is 0 Å². The van der Waals surface area contributed by atoms with Gasteiger partial charge in [0.2, 0.25) is 5.91 Å². The molecule has 1 heterocycles. The molecule has 0 unspecified atom stereocenters. The zero-order chi connectivity index (χ0) is 9.90. The molecule has 0 aliphatic carbocycles. The molecule has 13 heavy (non-hydrogen) atoms. The topological polar surface area (TPSA) is 38.8 Å². The maximum Gasteiger partial charge on any atom is 0.248 e. The molecule has 0 aromatic carbocycles. The minimum atomic E-state index is -0.221. The Morgan fingerprint density at radius 3 is 2.85 bits per heavy atom. The van der Waals surface area contributed by atoms with Crippen molar-refractivity contribution in [1.29, 1.82) is 0 Å². The van der Waals surface area contributed by atoms with Crippen LogP contribution in [-0.4, -0.2) is 49.8 Å². The zero-order valence-electron chi connectivity index (χ0n) is 8.50. The molecule has 0 bridgehead atoms. The number of methoxy groups -OCH3 is 1. The summed E-state index contributed by atoms with van der Waals surface area (Å²) < 4.78 is 10.3. The summed E-state index contributed by atoms with van der Waals surface area (Å²) in [6.07, 6.45) is 0. The normalized spacial score (nSPS) is 21.6. The van der Waals surface area contributed by atoms with Gasteiger partial charge in [0.25, 0.3) is 0 Å². The molecular weight excluding hydrogens is 170 g/mol. The van der Waals surface area contributed by atoms with Crippen molar-refractivity contribution in [3.05, 3.63) is 0 Å². The minimum absolute atomic E-state index is 0.0406. The van der Waals surface area contributed by atoms with Crippen molar-refractivity contribution in [2.45, 2.75) is 19.4 Å². The predicted molar refractivity (Wildman–Crippen MR) is 48.5 cm³/mol. The summed E-state index contributed by atoms with van der Waals surface area (Å²) in [5, 5.41) is 0. The van der Waals surface area contributed by atoms with Gasteiger partial charge in [-0.25, -0.2) is 0 Å². The predicted octanol–water partition coefficient (Wildman–Crippen LogP) is 0.270. The number of rotatable bonds is 2. The van der Waals surface area contributed by atoms with Crippen LogP contribution < -0.4 is 0 Å². The Bertz CT molecular complexity index is 191. The molecule has 4 nitrogen and oxygen atoms in total. The molecule has 0 saturated carbocycles. The summed E-state index contributed by atoms with van der Waals surface area (Å²) >= 11 is 0. The third-order valence-electron chi connectivity index (χ3n) is 2.05. The Kier molecular flexibility index (Phi) is 3.27. The molecule has 0 atom stereocenters. The quantitative estimate of drug-likeness (QED) is 0.623. The van der Waals surface area contributed by atoms with Crippen LogP contribution in [0.25, 0.3) is 0 Å². The molecule has 0 N–H and O–H groups in total. The summed E-state index contributed by atoms with van der Waals surface area (Å²) in [5.41, 5.74) is -0.221. The molecule has 1 fully saturated rings. The second kappa shape index (κ2) is 4.07.